The van der Waals surface area contributed by atoms with Gasteiger partial charge in [-0.05, 0) is 42.5 Å². The lowest BCUT2D eigenvalue weighted by Gasteiger charge is -2.12. The molecule has 0 aliphatic carbocycles. The monoisotopic (exact) mass is 392 g/mol. The van der Waals surface area contributed by atoms with E-state index < -0.39 is 23.3 Å². The summed E-state index contributed by atoms with van der Waals surface area (Å²) >= 11 is 0. The Balaban J connectivity index is 1.57. The van der Waals surface area contributed by atoms with E-state index >= 15 is 0 Å². The Labute approximate surface area is 164 Å². The van der Waals surface area contributed by atoms with Gasteiger partial charge in [-0.1, -0.05) is 0 Å². The molecule has 8 heteroatoms. The molecule has 0 saturated heterocycles. The maximum absolute atomic E-state index is 12.6. The van der Waals surface area contributed by atoms with Crippen molar-refractivity contribution in [1.82, 2.24) is 4.90 Å². The molecule has 146 valence electrons. The third-order valence-corrected chi connectivity index (χ3v) is 4.63. The number of nitrogens with one attached hydrogen (secondary N) is 1. The van der Waals surface area contributed by atoms with Crippen LogP contribution in [0.1, 0.15) is 31.1 Å². The highest BCUT2D eigenvalue weighted by Crippen LogP contribution is 2.25. The number of rotatable bonds is 5. The van der Waals surface area contributed by atoms with Crippen LogP contribution in [-0.4, -0.2) is 42.9 Å². The molecule has 3 amide bonds. The first-order valence-electron chi connectivity index (χ1n) is 8.82. The number of imide groups is 1. The molecule has 1 N–H and O–H groups in total. The molecule has 29 heavy (non-hydrogen) atoms. The zero-order chi connectivity index (χ0) is 20.5. The van der Waals surface area contributed by atoms with Gasteiger partial charge in [0.1, 0.15) is 5.58 Å². The van der Waals surface area contributed by atoms with Crippen molar-refractivity contribution < 1.29 is 23.5 Å². The minimum Gasteiger partial charge on any atom is -0.423 e. The summed E-state index contributed by atoms with van der Waals surface area (Å²) in [7, 11) is 1.49. The van der Waals surface area contributed by atoms with Crippen LogP contribution in [0.3, 0.4) is 0 Å². The van der Waals surface area contributed by atoms with Gasteiger partial charge in [-0.3, -0.25) is 19.3 Å². The molecule has 2 aromatic carbocycles. The van der Waals surface area contributed by atoms with Crippen molar-refractivity contribution in [2.24, 2.45) is 0 Å². The average molecular weight is 392 g/mol. The lowest BCUT2D eigenvalue weighted by atomic mass is 10.1. The molecule has 0 fully saturated rings. The summed E-state index contributed by atoms with van der Waals surface area (Å²) in [6.45, 7) is 0.387. The maximum atomic E-state index is 12.6. The van der Waals surface area contributed by atoms with Crippen molar-refractivity contribution in [3.8, 4) is 0 Å². The van der Waals surface area contributed by atoms with E-state index in [1.807, 2.05) is 0 Å². The second-order valence-corrected chi connectivity index (χ2v) is 6.48. The normalized spacial score (nSPS) is 13.1. The topological polar surface area (TPSA) is 106 Å². The molecule has 0 unspecified atom stereocenters. The predicted octanol–water partition coefficient (Wildman–Crippen LogP) is 2.29. The molecule has 0 radical (unpaired) electrons. The summed E-state index contributed by atoms with van der Waals surface area (Å²) in [6, 6.07) is 12.2. The number of fused-ring (bicyclic) bond motifs is 2. The number of methoxy groups -OCH3 is 1. The Morgan fingerprint density at radius 1 is 1.00 bits per heavy atom. The van der Waals surface area contributed by atoms with E-state index in [1.54, 1.807) is 24.3 Å². The van der Waals surface area contributed by atoms with E-state index in [9.17, 15) is 19.2 Å². The summed E-state index contributed by atoms with van der Waals surface area (Å²) in [5, 5.41) is 3.40. The van der Waals surface area contributed by atoms with E-state index in [0.717, 1.165) is 4.90 Å². The van der Waals surface area contributed by atoms with Crippen LogP contribution in [0.15, 0.2) is 57.7 Å². The maximum Gasteiger partial charge on any atom is 0.336 e. The van der Waals surface area contributed by atoms with Crippen LogP contribution >= 0.6 is 0 Å². The summed E-state index contributed by atoms with van der Waals surface area (Å²) in [5.41, 5.74) is 1.17. The van der Waals surface area contributed by atoms with Crippen LogP contribution in [-0.2, 0) is 4.74 Å². The summed E-state index contributed by atoms with van der Waals surface area (Å²) < 4.78 is 10.00. The Kier molecular flexibility index (Phi) is 4.69. The first-order chi connectivity index (χ1) is 14.0. The van der Waals surface area contributed by atoms with Crippen LogP contribution < -0.4 is 10.9 Å². The van der Waals surface area contributed by atoms with Crippen LogP contribution in [0.2, 0.25) is 0 Å². The van der Waals surface area contributed by atoms with Gasteiger partial charge in [0.2, 0.25) is 0 Å². The van der Waals surface area contributed by atoms with Gasteiger partial charge < -0.3 is 14.5 Å². The molecule has 2 heterocycles. The van der Waals surface area contributed by atoms with E-state index in [1.165, 1.54) is 31.4 Å². The zero-order valence-corrected chi connectivity index (χ0v) is 15.4. The van der Waals surface area contributed by atoms with Crippen molar-refractivity contribution in [2.45, 2.75) is 0 Å². The van der Waals surface area contributed by atoms with Crippen molar-refractivity contribution in [2.75, 3.05) is 25.6 Å². The minimum absolute atomic E-state index is 0.150. The van der Waals surface area contributed by atoms with Gasteiger partial charge in [0.05, 0.1) is 24.3 Å². The number of ether oxygens (including phenoxy) is 1. The molecule has 0 atom stereocenters. The van der Waals surface area contributed by atoms with E-state index in [2.05, 4.69) is 5.32 Å². The second-order valence-electron chi connectivity index (χ2n) is 6.48. The third kappa shape index (κ3) is 3.41. The third-order valence-electron chi connectivity index (χ3n) is 4.63. The summed E-state index contributed by atoms with van der Waals surface area (Å²) in [5.74, 6) is -1.28. The molecule has 0 spiro atoms. The van der Waals surface area contributed by atoms with Gasteiger partial charge in [0, 0.05) is 29.8 Å². The van der Waals surface area contributed by atoms with E-state index in [4.69, 9.17) is 9.15 Å². The Hall–Kier alpha value is -3.78. The van der Waals surface area contributed by atoms with E-state index in [-0.39, 0.29) is 29.8 Å². The van der Waals surface area contributed by atoms with Crippen molar-refractivity contribution in [1.29, 1.82) is 0 Å². The van der Waals surface area contributed by atoms with Crippen LogP contribution in [0.25, 0.3) is 11.0 Å². The van der Waals surface area contributed by atoms with Crippen molar-refractivity contribution in [3.63, 3.8) is 0 Å². The highest BCUT2D eigenvalue weighted by Gasteiger charge is 2.35. The van der Waals surface area contributed by atoms with Crippen LogP contribution in [0, 0.1) is 0 Å². The fraction of sp³-hybridized carbons (Fsp3) is 0.143. The number of hydrogen-bond donors (Lipinski definition) is 1. The number of amides is 3. The molecule has 8 nitrogen and oxygen atoms in total. The average Bonchev–Trinajstić information content (AvgIpc) is 2.96. The van der Waals surface area contributed by atoms with E-state index in [0.29, 0.717) is 16.7 Å². The van der Waals surface area contributed by atoms with Gasteiger partial charge in [0.15, 0.2) is 0 Å². The molecule has 3 aromatic rings. The van der Waals surface area contributed by atoms with Crippen molar-refractivity contribution >= 4 is 34.4 Å². The summed E-state index contributed by atoms with van der Waals surface area (Å²) in [4.78, 5) is 49.8. The molecule has 4 rings (SSSR count). The smallest absolute Gasteiger partial charge is 0.336 e. The largest absolute Gasteiger partial charge is 0.423 e. The first kappa shape index (κ1) is 18.6. The Morgan fingerprint density at radius 3 is 2.59 bits per heavy atom. The SMILES string of the molecule is COCCN1C(=O)c2ccc(C(=O)Nc3ccc4oc(=O)ccc4c3)cc2C1=O. The zero-order valence-electron chi connectivity index (χ0n) is 15.4. The number of anilines is 1. The van der Waals surface area contributed by atoms with Gasteiger partial charge in [-0.25, -0.2) is 4.79 Å². The number of carbonyl (C=O) groups is 3. The van der Waals surface area contributed by atoms with Crippen LogP contribution in [0.5, 0.6) is 0 Å². The highest BCUT2D eigenvalue weighted by molar-refractivity contribution is 6.22. The lowest BCUT2D eigenvalue weighted by molar-refractivity contribution is 0.0603. The number of benzene rings is 2. The molecule has 1 aliphatic heterocycles. The predicted molar refractivity (Wildman–Crippen MR) is 104 cm³/mol. The number of carbonyl (C=O) groups excluding carboxylic acids is 3. The molecule has 1 aromatic heterocycles. The number of nitrogens with zero attached hydrogens (tertiary/aromatic N) is 1. The van der Waals surface area contributed by atoms with Gasteiger partial charge in [0.25, 0.3) is 17.7 Å². The van der Waals surface area contributed by atoms with Gasteiger partial charge in [-0.15, -0.1) is 0 Å². The Morgan fingerprint density at radius 2 is 1.79 bits per heavy atom. The minimum atomic E-state index is -0.453. The van der Waals surface area contributed by atoms with Gasteiger partial charge >= 0.3 is 5.63 Å². The standard InChI is InChI=1S/C21H16N2O6/c1-28-9-8-23-20(26)15-5-2-13(11-16(15)21(23)27)19(25)22-14-4-6-17-12(10-14)3-7-18(24)29-17/h2-7,10-11H,8-9H2,1H3,(H,22,25). The van der Waals surface area contributed by atoms with Crippen molar-refractivity contribution in [3.05, 3.63) is 75.6 Å². The molecule has 0 saturated carbocycles. The molecule has 1 aliphatic rings. The Bertz CT molecular complexity index is 1210. The van der Waals surface area contributed by atoms with Crippen LogP contribution in [0.4, 0.5) is 5.69 Å². The fourth-order valence-corrected chi connectivity index (χ4v) is 3.17. The second kappa shape index (κ2) is 7.33. The highest BCUT2D eigenvalue weighted by atomic mass is 16.5. The lowest BCUT2D eigenvalue weighted by Crippen LogP contribution is -2.32. The van der Waals surface area contributed by atoms with Gasteiger partial charge in [-0.2, -0.15) is 0 Å². The molecular formula is C21H16N2O6. The molecular weight excluding hydrogens is 376 g/mol. The quantitative estimate of drug-likeness (QED) is 0.528. The molecule has 0 bridgehead atoms. The fourth-order valence-electron chi connectivity index (χ4n) is 3.17. The number of hydrogen-bond acceptors (Lipinski definition) is 6. The first-order valence-corrected chi connectivity index (χ1v) is 8.82. The summed E-state index contributed by atoms with van der Waals surface area (Å²) in [6.07, 6.45) is 0.